The molecule has 0 atom stereocenters. The van der Waals surface area contributed by atoms with Gasteiger partial charge in [0.15, 0.2) is 11.6 Å². The quantitative estimate of drug-likeness (QED) is 0.787. The molecule has 0 aliphatic carbocycles. The number of methoxy groups -OCH3 is 1. The van der Waals surface area contributed by atoms with Crippen LogP contribution in [0, 0.1) is 5.82 Å². The van der Waals surface area contributed by atoms with Crippen molar-refractivity contribution in [1.82, 2.24) is 5.48 Å². The Morgan fingerprint density at radius 3 is 2.71 bits per heavy atom. The molecule has 0 amide bonds. The normalized spacial score (nSPS) is 10.3. The molecule has 1 rings (SSSR count). The summed E-state index contributed by atoms with van der Waals surface area (Å²) in [6.45, 7) is 0.288. The average Bonchev–Trinajstić information content (AvgIpc) is 2.19. The molecule has 0 heterocycles. The van der Waals surface area contributed by atoms with Crippen LogP contribution in [0.2, 0.25) is 5.02 Å². The van der Waals surface area contributed by atoms with E-state index < -0.39 is 5.82 Å². The number of hydrogen-bond donors (Lipinski definition) is 1. The second kappa shape index (κ2) is 5.14. The van der Waals surface area contributed by atoms with Crippen LogP contribution in [-0.2, 0) is 11.4 Å². The van der Waals surface area contributed by atoms with Crippen LogP contribution in [-0.4, -0.2) is 14.2 Å². The Kier molecular flexibility index (Phi) is 4.13. The van der Waals surface area contributed by atoms with Crippen molar-refractivity contribution in [2.45, 2.75) is 6.54 Å². The summed E-state index contributed by atoms with van der Waals surface area (Å²) in [5, 5.41) is 0.438. The van der Waals surface area contributed by atoms with Crippen LogP contribution >= 0.6 is 11.6 Å². The Balaban J connectivity index is 3.03. The lowest BCUT2D eigenvalue weighted by molar-refractivity contribution is 0.0860. The van der Waals surface area contributed by atoms with E-state index in [4.69, 9.17) is 16.3 Å². The molecule has 0 spiro atoms. The standard InChI is InChI=1S/C9H11ClFNO2/c1-13-9-6(5-12-14-2)7(10)3-4-8(9)11/h3-4,12H,5H2,1-2H3. The molecule has 0 aromatic heterocycles. The van der Waals surface area contributed by atoms with Gasteiger partial charge < -0.3 is 9.57 Å². The number of rotatable bonds is 4. The van der Waals surface area contributed by atoms with Gasteiger partial charge in [0.2, 0.25) is 0 Å². The van der Waals surface area contributed by atoms with E-state index in [0.29, 0.717) is 10.6 Å². The predicted octanol–water partition coefficient (Wildman–Crippen LogP) is 2.14. The van der Waals surface area contributed by atoms with Gasteiger partial charge in [-0.25, -0.2) is 4.39 Å². The smallest absolute Gasteiger partial charge is 0.165 e. The van der Waals surface area contributed by atoms with Crippen molar-refractivity contribution in [3.8, 4) is 5.75 Å². The molecular weight excluding hydrogens is 209 g/mol. The van der Waals surface area contributed by atoms with Crippen molar-refractivity contribution >= 4 is 11.6 Å². The summed E-state index contributed by atoms with van der Waals surface area (Å²) in [5.74, 6) is -0.299. The molecule has 5 heteroatoms. The molecule has 1 aromatic carbocycles. The first-order valence-electron chi connectivity index (χ1n) is 3.97. The molecule has 14 heavy (non-hydrogen) atoms. The third-order valence-corrected chi connectivity index (χ3v) is 2.11. The first kappa shape index (κ1) is 11.2. The predicted molar refractivity (Wildman–Crippen MR) is 51.8 cm³/mol. The van der Waals surface area contributed by atoms with Crippen molar-refractivity contribution in [1.29, 1.82) is 0 Å². The lowest BCUT2D eigenvalue weighted by atomic mass is 10.2. The number of benzene rings is 1. The van der Waals surface area contributed by atoms with Crippen LogP contribution < -0.4 is 10.2 Å². The van der Waals surface area contributed by atoms with Crippen LogP contribution in [0.4, 0.5) is 4.39 Å². The summed E-state index contributed by atoms with van der Waals surface area (Å²) < 4.78 is 18.1. The SMILES string of the molecule is CONCc1c(Cl)ccc(F)c1OC. The highest BCUT2D eigenvalue weighted by Gasteiger charge is 2.12. The summed E-state index contributed by atoms with van der Waals surface area (Å²) >= 11 is 5.87. The van der Waals surface area contributed by atoms with Crippen molar-refractivity contribution in [2.24, 2.45) is 0 Å². The van der Waals surface area contributed by atoms with Gasteiger partial charge in [-0.1, -0.05) is 11.6 Å². The topological polar surface area (TPSA) is 30.5 Å². The lowest BCUT2D eigenvalue weighted by Crippen LogP contribution is -2.12. The van der Waals surface area contributed by atoms with E-state index >= 15 is 0 Å². The van der Waals surface area contributed by atoms with Gasteiger partial charge in [0.1, 0.15) is 0 Å². The van der Waals surface area contributed by atoms with E-state index in [0.717, 1.165) is 0 Å². The minimum Gasteiger partial charge on any atom is -0.493 e. The molecule has 0 fully saturated rings. The fourth-order valence-electron chi connectivity index (χ4n) is 1.10. The fourth-order valence-corrected chi connectivity index (χ4v) is 1.32. The Morgan fingerprint density at radius 2 is 2.14 bits per heavy atom. The molecule has 3 nitrogen and oxygen atoms in total. The average molecular weight is 220 g/mol. The highest BCUT2D eigenvalue weighted by atomic mass is 35.5. The highest BCUT2D eigenvalue weighted by molar-refractivity contribution is 6.31. The molecule has 0 saturated heterocycles. The molecule has 0 radical (unpaired) electrons. The lowest BCUT2D eigenvalue weighted by Gasteiger charge is -2.11. The van der Waals surface area contributed by atoms with Gasteiger partial charge >= 0.3 is 0 Å². The van der Waals surface area contributed by atoms with E-state index in [1.165, 1.54) is 26.4 Å². The van der Waals surface area contributed by atoms with Crippen LogP contribution in [0.1, 0.15) is 5.56 Å². The Hall–Kier alpha value is -0.840. The molecule has 0 unspecified atom stereocenters. The number of ether oxygens (including phenoxy) is 1. The molecular formula is C9H11ClFNO2. The van der Waals surface area contributed by atoms with Crippen molar-refractivity contribution < 1.29 is 14.0 Å². The largest absolute Gasteiger partial charge is 0.493 e. The van der Waals surface area contributed by atoms with Crippen molar-refractivity contribution in [3.63, 3.8) is 0 Å². The van der Waals surface area contributed by atoms with Gasteiger partial charge in [0.05, 0.1) is 20.8 Å². The molecule has 1 aromatic rings. The first-order valence-corrected chi connectivity index (χ1v) is 4.35. The summed E-state index contributed by atoms with van der Waals surface area (Å²) in [6.07, 6.45) is 0. The molecule has 0 aliphatic rings. The van der Waals surface area contributed by atoms with Crippen LogP contribution in [0.15, 0.2) is 12.1 Å². The van der Waals surface area contributed by atoms with E-state index in [1.54, 1.807) is 0 Å². The third kappa shape index (κ3) is 2.35. The summed E-state index contributed by atoms with van der Waals surface area (Å²) in [6, 6.07) is 2.74. The number of hydroxylamine groups is 1. The van der Waals surface area contributed by atoms with Crippen LogP contribution in [0.3, 0.4) is 0 Å². The zero-order valence-electron chi connectivity index (χ0n) is 7.93. The number of nitrogens with one attached hydrogen (secondary N) is 1. The minimum atomic E-state index is -0.440. The summed E-state index contributed by atoms with van der Waals surface area (Å²) in [7, 11) is 2.87. The molecule has 0 saturated carbocycles. The molecule has 1 N–H and O–H groups in total. The van der Waals surface area contributed by atoms with Gasteiger partial charge in [0, 0.05) is 10.6 Å². The summed E-state index contributed by atoms with van der Waals surface area (Å²) in [5.41, 5.74) is 3.11. The monoisotopic (exact) mass is 219 g/mol. The minimum absolute atomic E-state index is 0.141. The Labute approximate surface area is 86.7 Å². The van der Waals surface area contributed by atoms with Crippen LogP contribution in [0.25, 0.3) is 0 Å². The van der Waals surface area contributed by atoms with E-state index in [9.17, 15) is 4.39 Å². The van der Waals surface area contributed by atoms with Crippen molar-refractivity contribution in [2.75, 3.05) is 14.2 Å². The van der Waals surface area contributed by atoms with Gasteiger partial charge in [-0.15, -0.1) is 0 Å². The van der Waals surface area contributed by atoms with Gasteiger partial charge in [-0.3, -0.25) is 0 Å². The molecule has 0 aliphatic heterocycles. The fraction of sp³-hybridized carbons (Fsp3) is 0.333. The maximum atomic E-state index is 13.2. The zero-order valence-corrected chi connectivity index (χ0v) is 8.69. The maximum absolute atomic E-state index is 13.2. The molecule has 0 bridgehead atoms. The summed E-state index contributed by atoms with van der Waals surface area (Å²) in [4.78, 5) is 4.65. The Morgan fingerprint density at radius 1 is 1.43 bits per heavy atom. The maximum Gasteiger partial charge on any atom is 0.165 e. The highest BCUT2D eigenvalue weighted by Crippen LogP contribution is 2.29. The number of hydrogen-bond acceptors (Lipinski definition) is 3. The second-order valence-corrected chi connectivity index (χ2v) is 2.97. The first-order chi connectivity index (χ1) is 6.70. The van der Waals surface area contributed by atoms with E-state index in [1.807, 2.05) is 0 Å². The van der Waals surface area contributed by atoms with E-state index in [2.05, 4.69) is 10.3 Å². The zero-order chi connectivity index (χ0) is 10.6. The van der Waals surface area contributed by atoms with Gasteiger partial charge in [-0.05, 0) is 12.1 Å². The second-order valence-electron chi connectivity index (χ2n) is 2.57. The van der Waals surface area contributed by atoms with Crippen LogP contribution in [0.5, 0.6) is 5.75 Å². The van der Waals surface area contributed by atoms with Gasteiger partial charge in [-0.2, -0.15) is 5.48 Å². The third-order valence-electron chi connectivity index (χ3n) is 1.75. The van der Waals surface area contributed by atoms with E-state index in [-0.39, 0.29) is 12.3 Å². The molecule has 78 valence electrons. The Bertz CT molecular complexity index is 320. The van der Waals surface area contributed by atoms with Crippen molar-refractivity contribution in [3.05, 3.63) is 28.5 Å². The van der Waals surface area contributed by atoms with Gasteiger partial charge in [0.25, 0.3) is 0 Å². The number of halogens is 2.